The number of amides is 1. The Morgan fingerprint density at radius 1 is 1.15 bits per heavy atom. The molecule has 3 aromatic rings. The summed E-state index contributed by atoms with van der Waals surface area (Å²) in [6.45, 7) is 3.19. The van der Waals surface area contributed by atoms with E-state index in [0.717, 1.165) is 26.9 Å². The largest absolute Gasteiger partial charge is 0.481 e. The Labute approximate surface area is 240 Å². The zero-order valence-corrected chi connectivity index (χ0v) is 24.2. The molecule has 0 spiro atoms. The Kier molecular flexibility index (Phi) is 8.54. The van der Waals surface area contributed by atoms with Crippen LogP contribution in [0.4, 0.5) is 8.78 Å². The van der Waals surface area contributed by atoms with Crippen LogP contribution in [0.15, 0.2) is 65.1 Å². The number of rotatable bonds is 4. The van der Waals surface area contributed by atoms with Gasteiger partial charge < -0.3 is 19.5 Å². The third-order valence-corrected chi connectivity index (χ3v) is 7.91. The van der Waals surface area contributed by atoms with Crippen molar-refractivity contribution < 1.29 is 28.2 Å². The van der Waals surface area contributed by atoms with Crippen LogP contribution in [-0.4, -0.2) is 47.5 Å². The summed E-state index contributed by atoms with van der Waals surface area (Å²) in [4.78, 5) is 15.0. The van der Waals surface area contributed by atoms with E-state index in [1.54, 1.807) is 6.07 Å². The van der Waals surface area contributed by atoms with Crippen molar-refractivity contribution in [3.8, 4) is 11.6 Å². The maximum Gasteiger partial charge on any atom is 0.282 e. The number of benzene rings is 2. The lowest BCUT2D eigenvalue weighted by Gasteiger charge is -2.40. The molecule has 1 saturated carbocycles. The van der Waals surface area contributed by atoms with Gasteiger partial charge in [0.25, 0.3) is 5.92 Å². The molecular weight excluding hydrogens is 594 g/mol. The summed E-state index contributed by atoms with van der Waals surface area (Å²) < 4.78 is 36.7. The molecule has 0 bridgehead atoms. The predicted molar refractivity (Wildman–Crippen MR) is 148 cm³/mol. The highest BCUT2D eigenvalue weighted by Gasteiger charge is 2.69. The number of likely N-dealkylation sites (tertiary alicyclic amines) is 1. The number of fused-ring (bicyclic) bond motifs is 3. The minimum absolute atomic E-state index is 0.0502. The Bertz CT molecular complexity index is 1310. The van der Waals surface area contributed by atoms with Gasteiger partial charge in [0.1, 0.15) is 16.5 Å². The van der Waals surface area contributed by atoms with Crippen molar-refractivity contribution in [2.24, 2.45) is 0 Å². The predicted octanol–water partition coefficient (Wildman–Crippen LogP) is 6.68. The van der Waals surface area contributed by atoms with Gasteiger partial charge in [-0.3, -0.25) is 4.79 Å². The molecule has 1 aliphatic carbocycles. The number of halogens is 4. The Morgan fingerprint density at radius 2 is 1.79 bits per heavy atom. The van der Waals surface area contributed by atoms with E-state index in [0.29, 0.717) is 30.0 Å². The zero-order valence-electron chi connectivity index (χ0n) is 21.8. The van der Waals surface area contributed by atoms with E-state index in [1.165, 1.54) is 7.11 Å². The van der Waals surface area contributed by atoms with Crippen molar-refractivity contribution in [2.75, 3.05) is 20.2 Å². The molecule has 3 heterocycles. The lowest BCUT2D eigenvalue weighted by atomic mass is 9.72. The number of aromatic nitrogens is 1. The van der Waals surface area contributed by atoms with Crippen LogP contribution in [0.5, 0.6) is 11.6 Å². The molecule has 1 aromatic heterocycles. The van der Waals surface area contributed by atoms with Gasteiger partial charge in [0.05, 0.1) is 25.8 Å². The summed E-state index contributed by atoms with van der Waals surface area (Å²) >= 11 is 9.72. The first-order chi connectivity index (χ1) is 18.6. The molecule has 3 unspecified atom stereocenters. The number of alkyl halides is 2. The van der Waals surface area contributed by atoms with E-state index in [2.05, 4.69) is 33.0 Å². The highest BCUT2D eigenvalue weighted by atomic mass is 79.9. The van der Waals surface area contributed by atoms with Crippen LogP contribution in [0.1, 0.15) is 49.3 Å². The molecular formula is C29H30BrClF2N2O4. The smallest absolute Gasteiger partial charge is 0.282 e. The van der Waals surface area contributed by atoms with Crippen LogP contribution >= 0.6 is 27.5 Å². The monoisotopic (exact) mass is 622 g/mol. The second-order valence-corrected chi connectivity index (χ2v) is 10.7. The van der Waals surface area contributed by atoms with Crippen LogP contribution in [0, 0.1) is 0 Å². The fraction of sp³-hybridized carbons (Fsp3) is 0.379. The maximum atomic E-state index is 12.2. The summed E-state index contributed by atoms with van der Waals surface area (Å²) in [5.41, 5.74) is 0.309. The zero-order chi connectivity index (χ0) is 28.4. The SMILES string of the molecule is CC.COc1nc(Cl)cc2c1C1(O)CCC(c3ccccc3)C1(c1ccc(Br)cc1)O2.O=CN1CC(F)(F)C1. The van der Waals surface area contributed by atoms with E-state index in [9.17, 15) is 18.7 Å². The summed E-state index contributed by atoms with van der Waals surface area (Å²) in [6, 6.07) is 19.8. The van der Waals surface area contributed by atoms with Crippen LogP contribution < -0.4 is 9.47 Å². The molecule has 208 valence electrons. The summed E-state index contributed by atoms with van der Waals surface area (Å²) in [5.74, 6) is -1.83. The number of nitrogens with zero attached hydrogens (tertiary/aromatic N) is 2. The van der Waals surface area contributed by atoms with E-state index in [4.69, 9.17) is 21.1 Å². The number of hydrogen-bond donors (Lipinski definition) is 1. The van der Waals surface area contributed by atoms with Crippen molar-refractivity contribution in [3.63, 3.8) is 0 Å². The lowest BCUT2D eigenvalue weighted by molar-refractivity contribution is -0.153. The fourth-order valence-corrected chi connectivity index (χ4v) is 6.10. The third kappa shape index (κ3) is 5.12. The van der Waals surface area contributed by atoms with Crippen LogP contribution in [0.3, 0.4) is 0 Å². The highest BCUT2D eigenvalue weighted by molar-refractivity contribution is 9.10. The number of pyridine rings is 1. The average molecular weight is 624 g/mol. The average Bonchev–Trinajstić information content (AvgIpc) is 3.35. The van der Waals surface area contributed by atoms with Gasteiger partial charge in [-0.1, -0.05) is 83.8 Å². The second kappa shape index (κ2) is 11.4. The number of hydrogen-bond acceptors (Lipinski definition) is 5. The fourth-order valence-electron chi connectivity index (χ4n) is 5.66. The first-order valence-electron chi connectivity index (χ1n) is 12.7. The Balaban J connectivity index is 0.000000301. The molecule has 0 radical (unpaired) electrons. The molecule has 10 heteroatoms. The maximum absolute atomic E-state index is 12.2. The van der Waals surface area contributed by atoms with Crippen molar-refractivity contribution >= 4 is 33.9 Å². The highest BCUT2D eigenvalue weighted by Crippen LogP contribution is 2.68. The van der Waals surface area contributed by atoms with Crippen molar-refractivity contribution in [2.45, 2.75) is 49.7 Å². The molecule has 2 fully saturated rings. The molecule has 6 nitrogen and oxygen atoms in total. The van der Waals surface area contributed by atoms with Crippen molar-refractivity contribution in [3.05, 3.63) is 87.0 Å². The third-order valence-electron chi connectivity index (χ3n) is 7.19. The van der Waals surface area contributed by atoms with Gasteiger partial charge in [-0.25, -0.2) is 13.8 Å². The number of carbonyl (C=O) groups excluding carboxylic acids is 1. The topological polar surface area (TPSA) is 71.9 Å². The lowest BCUT2D eigenvalue weighted by Crippen LogP contribution is -2.55. The molecule has 1 saturated heterocycles. The van der Waals surface area contributed by atoms with E-state index < -0.39 is 30.2 Å². The number of aliphatic hydroxyl groups is 1. The molecule has 2 aromatic carbocycles. The van der Waals surface area contributed by atoms with Gasteiger partial charge in [0, 0.05) is 16.5 Å². The Morgan fingerprint density at radius 3 is 2.33 bits per heavy atom. The van der Waals surface area contributed by atoms with Crippen molar-refractivity contribution in [1.29, 1.82) is 0 Å². The normalized spacial score (nSPS) is 25.4. The standard InChI is InChI=1S/C23H19BrClNO3.C4H5F2NO.C2H6/c1-28-21-20-18(13-19(25)26-21)29-23(15-7-9-16(24)10-8-15)17(11-12-22(20,23)27)14-5-3-2-4-6-14;5-4(6)1-7(2-4)3-8;1-2/h2-10,13,17,27H,11-12H2,1H3;3H,1-2H2;1-2H3. The van der Waals surface area contributed by atoms with Gasteiger partial charge >= 0.3 is 0 Å². The van der Waals surface area contributed by atoms with Crippen molar-refractivity contribution in [1.82, 2.24) is 9.88 Å². The number of ether oxygens (including phenoxy) is 2. The quantitative estimate of drug-likeness (QED) is 0.259. The molecule has 1 amide bonds. The van der Waals surface area contributed by atoms with Crippen LogP contribution in [-0.2, 0) is 16.0 Å². The minimum Gasteiger partial charge on any atom is -0.481 e. The molecule has 1 N–H and O–H groups in total. The van der Waals surface area contributed by atoms with E-state index in [1.807, 2.05) is 56.3 Å². The first kappa shape index (κ1) is 29.2. The molecule has 3 atom stereocenters. The number of methoxy groups -OCH3 is 1. The van der Waals surface area contributed by atoms with Crippen LogP contribution in [0.2, 0.25) is 5.15 Å². The summed E-state index contributed by atoms with van der Waals surface area (Å²) in [6.07, 6.45) is 1.72. The number of carbonyl (C=O) groups is 1. The summed E-state index contributed by atoms with van der Waals surface area (Å²) in [5, 5.41) is 12.5. The summed E-state index contributed by atoms with van der Waals surface area (Å²) in [7, 11) is 1.53. The van der Waals surface area contributed by atoms with Gasteiger partial charge in [0.2, 0.25) is 12.3 Å². The Hall–Kier alpha value is -2.75. The van der Waals surface area contributed by atoms with Gasteiger partial charge in [0.15, 0.2) is 5.60 Å². The second-order valence-electron chi connectivity index (χ2n) is 9.40. The van der Waals surface area contributed by atoms with E-state index >= 15 is 0 Å². The molecule has 3 aliphatic rings. The van der Waals surface area contributed by atoms with Crippen LogP contribution in [0.25, 0.3) is 0 Å². The minimum atomic E-state index is -2.61. The molecule has 39 heavy (non-hydrogen) atoms. The van der Waals surface area contributed by atoms with Gasteiger partial charge in [-0.05, 0) is 36.1 Å². The molecule has 2 aliphatic heterocycles. The molecule has 6 rings (SSSR count). The van der Waals surface area contributed by atoms with E-state index in [-0.39, 0.29) is 11.1 Å². The first-order valence-corrected chi connectivity index (χ1v) is 13.9. The van der Waals surface area contributed by atoms with Gasteiger partial charge in [-0.15, -0.1) is 0 Å². The van der Waals surface area contributed by atoms with Gasteiger partial charge in [-0.2, -0.15) is 0 Å².